The maximum atomic E-state index is 10.9. The van der Waals surface area contributed by atoms with Gasteiger partial charge in [0.05, 0.1) is 23.5 Å². The van der Waals surface area contributed by atoms with Gasteiger partial charge in [-0.25, -0.2) is 4.68 Å². The van der Waals surface area contributed by atoms with Gasteiger partial charge in [0, 0.05) is 11.4 Å². The van der Waals surface area contributed by atoms with Gasteiger partial charge >= 0.3 is 5.97 Å². The summed E-state index contributed by atoms with van der Waals surface area (Å²) in [6, 6.07) is 7.17. The van der Waals surface area contributed by atoms with Crippen molar-refractivity contribution in [2.75, 3.05) is 0 Å². The number of nitrogens with zero attached hydrogens (tertiary/aromatic N) is 3. The Morgan fingerprint density at radius 1 is 1.56 bits per heavy atom. The second-order valence-corrected chi connectivity index (χ2v) is 4.50. The molecule has 18 heavy (non-hydrogen) atoms. The molecular formula is C12H12ClN3O2. The maximum Gasteiger partial charge on any atom is 0.306 e. The highest BCUT2D eigenvalue weighted by atomic mass is 35.5. The Hall–Kier alpha value is -1.88. The standard InChI is InChI=1S/C12H12ClN3O2/c1-8(12(17)18)5-11-7-14-15-16(11)10-4-2-3-9(13)6-10/h2-4,6-8H,5H2,1H3,(H,17,18). The third-order valence-corrected chi connectivity index (χ3v) is 2.84. The molecule has 0 amide bonds. The monoisotopic (exact) mass is 265 g/mol. The zero-order valence-electron chi connectivity index (χ0n) is 9.75. The molecule has 1 atom stereocenters. The second-order valence-electron chi connectivity index (χ2n) is 4.06. The molecular weight excluding hydrogens is 254 g/mol. The number of carboxylic acid groups (broad SMARTS) is 1. The maximum absolute atomic E-state index is 10.9. The van der Waals surface area contributed by atoms with Crippen LogP contribution < -0.4 is 0 Å². The summed E-state index contributed by atoms with van der Waals surface area (Å²) in [4.78, 5) is 10.9. The van der Waals surface area contributed by atoms with E-state index in [0.29, 0.717) is 11.4 Å². The Morgan fingerprint density at radius 3 is 3.00 bits per heavy atom. The lowest BCUT2D eigenvalue weighted by atomic mass is 10.1. The summed E-state index contributed by atoms with van der Waals surface area (Å²) < 4.78 is 1.60. The zero-order chi connectivity index (χ0) is 13.1. The molecule has 1 aromatic heterocycles. The number of halogens is 1. The van der Waals surface area contributed by atoms with Crippen molar-refractivity contribution in [2.24, 2.45) is 5.92 Å². The van der Waals surface area contributed by atoms with Gasteiger partial charge in [-0.3, -0.25) is 4.79 Å². The molecule has 0 radical (unpaired) electrons. The molecule has 0 aliphatic heterocycles. The molecule has 1 heterocycles. The van der Waals surface area contributed by atoms with E-state index >= 15 is 0 Å². The number of benzene rings is 1. The molecule has 0 spiro atoms. The summed E-state index contributed by atoms with van der Waals surface area (Å²) in [7, 11) is 0. The van der Waals surface area contributed by atoms with E-state index in [-0.39, 0.29) is 0 Å². The zero-order valence-corrected chi connectivity index (χ0v) is 10.5. The number of hydrogen-bond acceptors (Lipinski definition) is 3. The highest BCUT2D eigenvalue weighted by Crippen LogP contribution is 2.17. The van der Waals surface area contributed by atoms with Crippen LogP contribution in [0.25, 0.3) is 5.69 Å². The molecule has 6 heteroatoms. The first kappa shape index (κ1) is 12.6. The van der Waals surface area contributed by atoms with Crippen LogP contribution in [0.1, 0.15) is 12.6 Å². The normalized spacial score (nSPS) is 12.3. The van der Waals surface area contributed by atoms with Gasteiger partial charge in [-0.15, -0.1) is 5.10 Å². The molecule has 1 N–H and O–H groups in total. The van der Waals surface area contributed by atoms with E-state index in [0.717, 1.165) is 11.4 Å². The van der Waals surface area contributed by atoms with E-state index in [1.165, 1.54) is 0 Å². The fourth-order valence-electron chi connectivity index (χ4n) is 1.62. The van der Waals surface area contributed by atoms with E-state index in [1.807, 2.05) is 12.1 Å². The average Bonchev–Trinajstić information content (AvgIpc) is 2.77. The Morgan fingerprint density at radius 2 is 2.33 bits per heavy atom. The number of carbonyl (C=O) groups is 1. The summed E-state index contributed by atoms with van der Waals surface area (Å²) in [5.41, 5.74) is 1.51. The predicted molar refractivity (Wildman–Crippen MR) is 66.9 cm³/mol. The molecule has 0 fully saturated rings. The first-order valence-corrected chi connectivity index (χ1v) is 5.84. The second kappa shape index (κ2) is 5.18. The van der Waals surface area contributed by atoms with Gasteiger partial charge in [0.15, 0.2) is 0 Å². The fourth-order valence-corrected chi connectivity index (χ4v) is 1.81. The molecule has 0 aliphatic carbocycles. The first-order valence-electron chi connectivity index (χ1n) is 5.46. The molecule has 1 aromatic carbocycles. The summed E-state index contributed by atoms with van der Waals surface area (Å²) >= 11 is 5.91. The van der Waals surface area contributed by atoms with Crippen LogP contribution >= 0.6 is 11.6 Å². The molecule has 0 saturated carbocycles. The van der Waals surface area contributed by atoms with Crippen molar-refractivity contribution in [3.05, 3.63) is 41.2 Å². The van der Waals surface area contributed by atoms with Crippen molar-refractivity contribution in [1.82, 2.24) is 15.0 Å². The van der Waals surface area contributed by atoms with Gasteiger partial charge in [-0.05, 0) is 18.2 Å². The summed E-state index contributed by atoms with van der Waals surface area (Å²) in [5.74, 6) is -1.32. The topological polar surface area (TPSA) is 68.0 Å². The number of hydrogen-bond donors (Lipinski definition) is 1. The van der Waals surface area contributed by atoms with Crippen molar-refractivity contribution >= 4 is 17.6 Å². The fraction of sp³-hybridized carbons (Fsp3) is 0.250. The summed E-state index contributed by atoms with van der Waals surface area (Å²) in [5, 5.41) is 17.3. The van der Waals surface area contributed by atoms with Gasteiger partial charge in [0.1, 0.15) is 0 Å². The lowest BCUT2D eigenvalue weighted by molar-refractivity contribution is -0.141. The molecule has 94 valence electrons. The highest BCUT2D eigenvalue weighted by molar-refractivity contribution is 6.30. The molecule has 0 bridgehead atoms. The van der Waals surface area contributed by atoms with Crippen molar-refractivity contribution in [2.45, 2.75) is 13.3 Å². The van der Waals surface area contributed by atoms with Crippen molar-refractivity contribution in [1.29, 1.82) is 0 Å². The molecule has 5 nitrogen and oxygen atoms in total. The van der Waals surface area contributed by atoms with Crippen LogP contribution in [0.2, 0.25) is 5.02 Å². The van der Waals surface area contributed by atoms with Crippen molar-refractivity contribution in [3.8, 4) is 5.69 Å². The van der Waals surface area contributed by atoms with E-state index < -0.39 is 11.9 Å². The highest BCUT2D eigenvalue weighted by Gasteiger charge is 2.15. The Kier molecular flexibility index (Phi) is 3.62. The van der Waals surface area contributed by atoms with E-state index in [2.05, 4.69) is 10.3 Å². The van der Waals surface area contributed by atoms with E-state index in [4.69, 9.17) is 16.7 Å². The van der Waals surface area contributed by atoms with Crippen LogP contribution in [0, 0.1) is 5.92 Å². The van der Waals surface area contributed by atoms with Gasteiger partial charge in [0.25, 0.3) is 0 Å². The summed E-state index contributed by atoms with van der Waals surface area (Å²) in [6.07, 6.45) is 1.94. The Bertz CT molecular complexity index is 568. The van der Waals surface area contributed by atoms with Crippen molar-refractivity contribution < 1.29 is 9.90 Å². The van der Waals surface area contributed by atoms with Crippen molar-refractivity contribution in [3.63, 3.8) is 0 Å². The lowest BCUT2D eigenvalue weighted by Crippen LogP contribution is -2.14. The quantitative estimate of drug-likeness (QED) is 0.920. The third kappa shape index (κ3) is 2.68. The molecule has 1 unspecified atom stereocenters. The van der Waals surface area contributed by atoms with Crippen LogP contribution in [-0.4, -0.2) is 26.1 Å². The predicted octanol–water partition coefficient (Wildman–Crippen LogP) is 2.18. The number of aromatic nitrogens is 3. The van der Waals surface area contributed by atoms with Gasteiger partial charge < -0.3 is 5.11 Å². The van der Waals surface area contributed by atoms with Gasteiger partial charge in [-0.2, -0.15) is 0 Å². The smallest absolute Gasteiger partial charge is 0.306 e. The van der Waals surface area contributed by atoms with Crippen LogP contribution in [0.15, 0.2) is 30.5 Å². The van der Waals surface area contributed by atoms with E-state index in [9.17, 15) is 4.79 Å². The largest absolute Gasteiger partial charge is 0.481 e. The minimum atomic E-state index is -0.839. The minimum Gasteiger partial charge on any atom is -0.481 e. The van der Waals surface area contributed by atoms with Gasteiger partial charge in [0.2, 0.25) is 0 Å². The minimum absolute atomic E-state index is 0.370. The van der Waals surface area contributed by atoms with Gasteiger partial charge in [-0.1, -0.05) is 29.8 Å². The van der Waals surface area contributed by atoms with Crippen LogP contribution in [0.5, 0.6) is 0 Å². The average molecular weight is 266 g/mol. The third-order valence-electron chi connectivity index (χ3n) is 2.61. The lowest BCUT2D eigenvalue weighted by Gasteiger charge is -2.08. The number of rotatable bonds is 4. The molecule has 0 aliphatic rings. The molecule has 2 rings (SSSR count). The SMILES string of the molecule is CC(Cc1cnnn1-c1cccc(Cl)c1)C(=O)O. The molecule has 2 aromatic rings. The van der Waals surface area contributed by atoms with E-state index in [1.54, 1.807) is 29.9 Å². The van der Waals surface area contributed by atoms with Crippen LogP contribution in [-0.2, 0) is 11.2 Å². The Balaban J connectivity index is 2.30. The first-order chi connectivity index (χ1) is 8.58. The van der Waals surface area contributed by atoms with Crippen LogP contribution in [0.4, 0.5) is 0 Å². The molecule has 0 saturated heterocycles. The number of aliphatic carboxylic acids is 1. The summed E-state index contributed by atoms with van der Waals surface area (Å²) in [6.45, 7) is 1.65. The Labute approximate surface area is 109 Å². The number of carboxylic acids is 1. The van der Waals surface area contributed by atoms with Crippen LogP contribution in [0.3, 0.4) is 0 Å².